The van der Waals surface area contributed by atoms with E-state index in [-0.39, 0.29) is 18.4 Å². The molecular weight excluding hydrogens is 398 g/mol. The van der Waals surface area contributed by atoms with Crippen LogP contribution in [0.3, 0.4) is 0 Å². The fourth-order valence-corrected chi connectivity index (χ4v) is 4.52. The largest absolute Gasteiger partial charge is 0.486 e. The van der Waals surface area contributed by atoms with Gasteiger partial charge in [0.2, 0.25) is 5.91 Å². The summed E-state index contributed by atoms with van der Waals surface area (Å²) in [5.74, 6) is 0.699. The molecule has 1 saturated heterocycles. The quantitative estimate of drug-likeness (QED) is 0.714. The lowest BCUT2D eigenvalue weighted by molar-refractivity contribution is -0.135. The molecule has 4 amide bonds. The number of carbonyl (C=O) groups excluding carboxylic acids is 3. The molecule has 0 aromatic heterocycles. The third-order valence-corrected chi connectivity index (χ3v) is 6.07. The molecule has 1 aliphatic carbocycles. The van der Waals surface area contributed by atoms with Crippen molar-refractivity contribution in [3.63, 3.8) is 0 Å². The number of fused-ring (bicyclic) bond motifs is 3. The molecule has 0 bridgehead atoms. The van der Waals surface area contributed by atoms with Crippen LogP contribution in [0.25, 0.3) is 0 Å². The molecule has 160 valence electrons. The maximum atomic E-state index is 13.1. The number of imide groups is 1. The first-order valence-electron chi connectivity index (χ1n) is 10.4. The van der Waals surface area contributed by atoms with E-state index in [1.165, 1.54) is 0 Å². The summed E-state index contributed by atoms with van der Waals surface area (Å²) in [6.45, 7) is 1.15. The Bertz CT molecular complexity index is 1070. The van der Waals surface area contributed by atoms with Gasteiger partial charge >= 0.3 is 6.03 Å². The van der Waals surface area contributed by atoms with Gasteiger partial charge in [0.1, 0.15) is 25.3 Å². The van der Waals surface area contributed by atoms with Gasteiger partial charge in [0.25, 0.3) is 5.91 Å². The van der Waals surface area contributed by atoms with Crippen LogP contribution in [0, 0.1) is 0 Å². The second-order valence-corrected chi connectivity index (χ2v) is 7.96. The number of amides is 4. The Labute approximate surface area is 179 Å². The highest BCUT2D eigenvalue weighted by Gasteiger charge is 2.55. The molecule has 1 unspecified atom stereocenters. The molecule has 2 aliphatic heterocycles. The molecule has 8 nitrogen and oxygen atoms in total. The minimum Gasteiger partial charge on any atom is -0.486 e. The van der Waals surface area contributed by atoms with Gasteiger partial charge in [0.05, 0.1) is 0 Å². The van der Waals surface area contributed by atoms with Crippen molar-refractivity contribution in [3.05, 3.63) is 59.2 Å². The van der Waals surface area contributed by atoms with Crippen LogP contribution in [0.5, 0.6) is 11.5 Å². The standard InChI is InChI=1S/C23H23N3O5/c27-20(24-10-8-15-5-6-18-19(13-15)31-12-11-30-18)14-26-21(28)23(25-22(26)29)9-7-16-3-1-2-4-17(16)23/h1-6,13H,7-12,14H2,(H,24,27)(H,25,29). The molecule has 3 aliphatic rings. The van der Waals surface area contributed by atoms with Crippen LogP contribution in [0.15, 0.2) is 42.5 Å². The van der Waals surface area contributed by atoms with E-state index in [0.29, 0.717) is 38.3 Å². The van der Waals surface area contributed by atoms with Crippen LogP contribution in [-0.2, 0) is 28.0 Å². The normalized spacial score (nSPS) is 21.2. The second-order valence-electron chi connectivity index (χ2n) is 7.96. The summed E-state index contributed by atoms with van der Waals surface area (Å²) in [6, 6.07) is 12.8. The lowest BCUT2D eigenvalue weighted by Crippen LogP contribution is -2.44. The lowest BCUT2D eigenvalue weighted by atomic mass is 9.92. The van der Waals surface area contributed by atoms with E-state index in [1.807, 2.05) is 42.5 Å². The van der Waals surface area contributed by atoms with Crippen molar-refractivity contribution in [1.29, 1.82) is 0 Å². The number of hydrogen-bond donors (Lipinski definition) is 2. The van der Waals surface area contributed by atoms with Gasteiger partial charge in [-0.3, -0.25) is 14.5 Å². The van der Waals surface area contributed by atoms with Crippen molar-refractivity contribution in [1.82, 2.24) is 15.5 Å². The van der Waals surface area contributed by atoms with Crippen LogP contribution < -0.4 is 20.1 Å². The minimum absolute atomic E-state index is 0.296. The highest BCUT2D eigenvalue weighted by Crippen LogP contribution is 2.41. The van der Waals surface area contributed by atoms with Gasteiger partial charge in [0, 0.05) is 6.54 Å². The monoisotopic (exact) mass is 421 g/mol. The molecule has 0 radical (unpaired) electrons. The van der Waals surface area contributed by atoms with Gasteiger partial charge in [-0.25, -0.2) is 4.79 Å². The molecule has 1 spiro atoms. The molecule has 8 heteroatoms. The molecule has 2 heterocycles. The molecule has 2 N–H and O–H groups in total. The Morgan fingerprint density at radius 3 is 2.77 bits per heavy atom. The van der Waals surface area contributed by atoms with E-state index in [0.717, 1.165) is 33.8 Å². The number of carbonyl (C=O) groups is 3. The van der Waals surface area contributed by atoms with E-state index in [1.54, 1.807) is 0 Å². The van der Waals surface area contributed by atoms with E-state index in [2.05, 4.69) is 10.6 Å². The summed E-state index contributed by atoms with van der Waals surface area (Å²) in [5.41, 5.74) is 1.84. The summed E-state index contributed by atoms with van der Waals surface area (Å²) in [7, 11) is 0. The van der Waals surface area contributed by atoms with Gasteiger partial charge in [-0.1, -0.05) is 30.3 Å². The van der Waals surface area contributed by atoms with E-state index < -0.39 is 11.6 Å². The Hall–Kier alpha value is -3.55. The first-order chi connectivity index (χ1) is 15.1. The highest BCUT2D eigenvalue weighted by atomic mass is 16.6. The van der Waals surface area contributed by atoms with Gasteiger partial charge in [-0.05, 0) is 48.1 Å². The van der Waals surface area contributed by atoms with Crippen molar-refractivity contribution < 1.29 is 23.9 Å². The highest BCUT2D eigenvalue weighted by molar-refractivity contribution is 6.09. The third kappa shape index (κ3) is 3.37. The summed E-state index contributed by atoms with van der Waals surface area (Å²) in [6.07, 6.45) is 1.83. The summed E-state index contributed by atoms with van der Waals surface area (Å²) >= 11 is 0. The SMILES string of the molecule is O=C(CN1C(=O)NC2(CCc3ccccc32)C1=O)NCCc1ccc2c(c1)OCCO2. The van der Waals surface area contributed by atoms with Gasteiger partial charge < -0.3 is 20.1 Å². The third-order valence-electron chi connectivity index (χ3n) is 6.07. The fraction of sp³-hybridized carbons (Fsp3) is 0.348. The zero-order valence-corrected chi connectivity index (χ0v) is 17.0. The Morgan fingerprint density at radius 2 is 1.90 bits per heavy atom. The molecule has 0 saturated carbocycles. The predicted molar refractivity (Wildman–Crippen MR) is 111 cm³/mol. The summed E-state index contributed by atoms with van der Waals surface area (Å²) in [5, 5.41) is 5.63. The number of urea groups is 1. The zero-order valence-electron chi connectivity index (χ0n) is 17.0. The first-order valence-corrected chi connectivity index (χ1v) is 10.4. The van der Waals surface area contributed by atoms with Gasteiger partial charge in [0.15, 0.2) is 11.5 Å². The van der Waals surface area contributed by atoms with Crippen LogP contribution in [0.1, 0.15) is 23.1 Å². The van der Waals surface area contributed by atoms with Crippen LogP contribution in [0.4, 0.5) is 4.79 Å². The Kier molecular flexibility index (Phi) is 4.77. The van der Waals surface area contributed by atoms with E-state index >= 15 is 0 Å². The average Bonchev–Trinajstić information content (AvgIpc) is 3.27. The van der Waals surface area contributed by atoms with Crippen molar-refractivity contribution in [2.75, 3.05) is 26.3 Å². The Morgan fingerprint density at radius 1 is 1.10 bits per heavy atom. The molecule has 1 atom stereocenters. The number of nitrogens with zero attached hydrogens (tertiary/aromatic N) is 1. The number of benzene rings is 2. The summed E-state index contributed by atoms with van der Waals surface area (Å²) < 4.78 is 11.1. The maximum absolute atomic E-state index is 13.1. The van der Waals surface area contributed by atoms with Crippen molar-refractivity contribution in [2.45, 2.75) is 24.8 Å². The molecule has 2 aromatic carbocycles. The lowest BCUT2D eigenvalue weighted by Gasteiger charge is -2.22. The second kappa shape index (κ2) is 7.61. The van der Waals surface area contributed by atoms with Crippen LogP contribution in [-0.4, -0.2) is 49.0 Å². The number of nitrogens with one attached hydrogen (secondary N) is 2. The smallest absolute Gasteiger partial charge is 0.325 e. The Balaban J connectivity index is 1.18. The number of ether oxygens (including phenoxy) is 2. The average molecular weight is 421 g/mol. The van der Waals surface area contributed by atoms with Crippen molar-refractivity contribution in [2.24, 2.45) is 0 Å². The van der Waals surface area contributed by atoms with E-state index in [9.17, 15) is 14.4 Å². The van der Waals surface area contributed by atoms with Gasteiger partial charge in [-0.2, -0.15) is 0 Å². The molecular formula is C23H23N3O5. The predicted octanol–water partition coefficient (Wildman–Crippen LogP) is 1.51. The number of aryl methyl sites for hydroxylation is 1. The van der Waals surface area contributed by atoms with Crippen LogP contribution >= 0.6 is 0 Å². The first kappa shape index (κ1) is 19.4. The van der Waals surface area contributed by atoms with E-state index in [4.69, 9.17) is 9.47 Å². The molecule has 2 aromatic rings. The fourth-order valence-electron chi connectivity index (χ4n) is 4.52. The van der Waals surface area contributed by atoms with Gasteiger partial charge in [-0.15, -0.1) is 0 Å². The minimum atomic E-state index is -1.04. The number of rotatable bonds is 5. The molecule has 5 rings (SSSR count). The molecule has 1 fully saturated rings. The molecule has 31 heavy (non-hydrogen) atoms. The zero-order chi connectivity index (χ0) is 21.4. The topological polar surface area (TPSA) is 97.0 Å². The van der Waals surface area contributed by atoms with Crippen molar-refractivity contribution >= 4 is 17.8 Å². The maximum Gasteiger partial charge on any atom is 0.325 e. The van der Waals surface area contributed by atoms with Crippen LogP contribution in [0.2, 0.25) is 0 Å². The number of hydrogen-bond acceptors (Lipinski definition) is 5. The summed E-state index contributed by atoms with van der Waals surface area (Å²) in [4.78, 5) is 39.1. The van der Waals surface area contributed by atoms with Crippen molar-refractivity contribution in [3.8, 4) is 11.5 Å².